The van der Waals surface area contributed by atoms with Crippen molar-refractivity contribution in [3.8, 4) is 0 Å². The average molecular weight is 404 g/mol. The number of rotatable bonds is 6. The number of Topliss-reactive ketones (excluding diaryl/α,β-unsaturated/α-hetero) is 1. The molecule has 0 spiro atoms. The minimum Gasteiger partial charge on any atom is -0.445 e. The zero-order chi connectivity index (χ0) is 21.4. The average Bonchev–Trinajstić information content (AvgIpc) is 2.70. The maximum atomic E-state index is 12.4. The van der Waals surface area contributed by atoms with Gasteiger partial charge < -0.3 is 20.3 Å². The zero-order valence-electron chi connectivity index (χ0n) is 17.9. The molecular weight excluding hydrogens is 370 g/mol. The molecule has 1 aromatic rings. The van der Waals surface area contributed by atoms with E-state index in [9.17, 15) is 14.4 Å². The molecule has 0 aliphatic carbocycles. The number of nitrogens with zero attached hydrogens (tertiary/aromatic N) is 1. The molecular formula is C22H33N3O4. The molecule has 0 saturated carbocycles. The van der Waals surface area contributed by atoms with E-state index in [1.54, 1.807) is 11.8 Å². The van der Waals surface area contributed by atoms with Crippen LogP contribution in [-0.2, 0) is 16.1 Å². The number of piperidine rings is 1. The molecule has 7 heteroatoms. The minimum atomic E-state index is -0.527. The molecule has 1 heterocycles. The van der Waals surface area contributed by atoms with Crippen LogP contribution in [0.2, 0.25) is 0 Å². The maximum absolute atomic E-state index is 12.4. The quantitative estimate of drug-likeness (QED) is 0.761. The summed E-state index contributed by atoms with van der Waals surface area (Å²) in [6.07, 6.45) is 1.34. The Morgan fingerprint density at radius 1 is 1.14 bits per heavy atom. The second-order valence-electron chi connectivity index (χ2n) is 8.54. The molecule has 2 N–H and O–H groups in total. The number of carbonyl (C=O) groups excluding carboxylic acids is 3. The predicted octanol–water partition coefficient (Wildman–Crippen LogP) is 3.48. The lowest BCUT2D eigenvalue weighted by Gasteiger charge is -2.33. The first-order valence-corrected chi connectivity index (χ1v) is 10.3. The first-order valence-electron chi connectivity index (χ1n) is 10.3. The topological polar surface area (TPSA) is 87.7 Å². The number of urea groups is 1. The van der Waals surface area contributed by atoms with Gasteiger partial charge in [-0.3, -0.25) is 4.79 Å². The summed E-state index contributed by atoms with van der Waals surface area (Å²) in [6.45, 7) is 8.90. The van der Waals surface area contributed by atoms with Crippen molar-refractivity contribution in [1.82, 2.24) is 15.5 Å². The Hall–Kier alpha value is -2.57. The van der Waals surface area contributed by atoms with E-state index in [0.717, 1.165) is 5.56 Å². The molecule has 2 rings (SSSR count). The van der Waals surface area contributed by atoms with Gasteiger partial charge in [-0.2, -0.15) is 0 Å². The van der Waals surface area contributed by atoms with Crippen LogP contribution in [0.1, 0.15) is 52.5 Å². The molecule has 1 aromatic carbocycles. The van der Waals surface area contributed by atoms with Gasteiger partial charge in [-0.15, -0.1) is 0 Å². The third-order valence-corrected chi connectivity index (χ3v) is 5.11. The predicted molar refractivity (Wildman–Crippen MR) is 111 cm³/mol. The highest BCUT2D eigenvalue weighted by Gasteiger charge is 2.32. The highest BCUT2D eigenvalue weighted by molar-refractivity contribution is 5.89. The normalized spacial score (nSPS) is 16.1. The molecule has 1 fully saturated rings. The molecule has 1 atom stereocenters. The fourth-order valence-electron chi connectivity index (χ4n) is 3.36. The number of hydrogen-bond donors (Lipinski definition) is 2. The Bertz CT molecular complexity index is 692. The number of hydrogen-bond acceptors (Lipinski definition) is 4. The van der Waals surface area contributed by atoms with Gasteiger partial charge in [0.05, 0.1) is 6.04 Å². The van der Waals surface area contributed by atoms with Crippen molar-refractivity contribution >= 4 is 17.9 Å². The first kappa shape index (κ1) is 22.7. The molecule has 29 heavy (non-hydrogen) atoms. The van der Waals surface area contributed by atoms with Crippen molar-refractivity contribution in [2.75, 3.05) is 13.1 Å². The van der Waals surface area contributed by atoms with Gasteiger partial charge >= 0.3 is 12.1 Å². The van der Waals surface area contributed by atoms with Crippen molar-refractivity contribution in [3.05, 3.63) is 35.9 Å². The number of nitrogens with one attached hydrogen (secondary N) is 2. The number of amides is 3. The molecule has 3 amide bonds. The fraction of sp³-hybridized carbons (Fsp3) is 0.591. The molecule has 1 unspecified atom stereocenters. The summed E-state index contributed by atoms with van der Waals surface area (Å²) in [6, 6.07) is 8.66. The van der Waals surface area contributed by atoms with E-state index in [4.69, 9.17) is 4.74 Å². The van der Waals surface area contributed by atoms with Crippen LogP contribution >= 0.6 is 0 Å². The largest absolute Gasteiger partial charge is 0.445 e. The molecule has 1 saturated heterocycles. The van der Waals surface area contributed by atoms with E-state index < -0.39 is 6.04 Å². The summed E-state index contributed by atoms with van der Waals surface area (Å²) >= 11 is 0. The summed E-state index contributed by atoms with van der Waals surface area (Å²) in [5, 5.41) is 5.76. The van der Waals surface area contributed by atoms with Crippen molar-refractivity contribution in [1.29, 1.82) is 0 Å². The van der Waals surface area contributed by atoms with Gasteiger partial charge in [-0.05, 0) is 23.8 Å². The van der Waals surface area contributed by atoms with Gasteiger partial charge in [0.1, 0.15) is 6.61 Å². The number of ketones is 1. The molecule has 1 aliphatic heterocycles. The number of carbonyl (C=O) groups is 3. The molecule has 1 aliphatic rings. The standard InChI is InChI=1S/C22H33N3O4/c1-5-18(26)19(22(2,3)4)24-20(27)23-17-11-13-25(14-12-17)21(28)29-15-16-9-7-6-8-10-16/h6-10,17,19H,5,11-15H2,1-4H3,(H2,23,24,27). The van der Waals surface area contributed by atoms with E-state index >= 15 is 0 Å². The second kappa shape index (κ2) is 10.3. The van der Waals surface area contributed by atoms with Crippen LogP contribution in [0.3, 0.4) is 0 Å². The van der Waals surface area contributed by atoms with E-state index in [2.05, 4.69) is 10.6 Å². The first-order chi connectivity index (χ1) is 13.7. The van der Waals surface area contributed by atoms with E-state index in [1.807, 2.05) is 51.1 Å². The lowest BCUT2D eigenvalue weighted by molar-refractivity contribution is -0.122. The Labute approximate surface area is 173 Å². The van der Waals surface area contributed by atoms with Crippen LogP contribution in [-0.4, -0.2) is 48.0 Å². The van der Waals surface area contributed by atoms with Gasteiger partial charge in [0.2, 0.25) is 0 Å². The number of ether oxygens (including phenoxy) is 1. The summed E-state index contributed by atoms with van der Waals surface area (Å²) in [7, 11) is 0. The van der Waals surface area contributed by atoms with Gasteiger partial charge in [-0.25, -0.2) is 9.59 Å². The fourth-order valence-corrected chi connectivity index (χ4v) is 3.36. The minimum absolute atomic E-state index is 0.0173. The van der Waals surface area contributed by atoms with Crippen molar-refractivity contribution in [2.24, 2.45) is 5.41 Å². The maximum Gasteiger partial charge on any atom is 0.410 e. The van der Waals surface area contributed by atoms with E-state index in [-0.39, 0.29) is 36.0 Å². The summed E-state index contributed by atoms with van der Waals surface area (Å²) in [5.41, 5.74) is 0.597. The summed E-state index contributed by atoms with van der Waals surface area (Å²) < 4.78 is 5.36. The van der Waals surface area contributed by atoms with Gasteiger partial charge in [0, 0.05) is 25.6 Å². The SMILES string of the molecule is CCC(=O)C(NC(=O)NC1CCN(C(=O)OCc2ccccc2)CC1)C(C)(C)C. The monoisotopic (exact) mass is 403 g/mol. The summed E-state index contributed by atoms with van der Waals surface area (Å²) in [5.74, 6) is 0.0173. The Morgan fingerprint density at radius 2 is 1.76 bits per heavy atom. The number of likely N-dealkylation sites (tertiary alicyclic amines) is 1. The Balaban J connectivity index is 1.76. The molecule has 0 aromatic heterocycles. The van der Waals surface area contributed by atoms with Crippen LogP contribution < -0.4 is 10.6 Å². The van der Waals surface area contributed by atoms with Gasteiger partial charge in [0.25, 0.3) is 0 Å². The smallest absolute Gasteiger partial charge is 0.410 e. The highest BCUT2D eigenvalue weighted by Crippen LogP contribution is 2.21. The molecule has 7 nitrogen and oxygen atoms in total. The molecule has 0 radical (unpaired) electrons. The highest BCUT2D eigenvalue weighted by atomic mass is 16.6. The zero-order valence-corrected chi connectivity index (χ0v) is 17.9. The lowest BCUT2D eigenvalue weighted by Crippen LogP contribution is -2.55. The van der Waals surface area contributed by atoms with Crippen LogP contribution in [0.15, 0.2) is 30.3 Å². The van der Waals surface area contributed by atoms with Crippen molar-refractivity contribution < 1.29 is 19.1 Å². The van der Waals surface area contributed by atoms with Gasteiger partial charge in [-0.1, -0.05) is 58.0 Å². The van der Waals surface area contributed by atoms with Crippen molar-refractivity contribution in [2.45, 2.75) is 65.6 Å². The van der Waals surface area contributed by atoms with E-state index in [0.29, 0.717) is 32.4 Å². The van der Waals surface area contributed by atoms with Crippen LogP contribution in [0.25, 0.3) is 0 Å². The summed E-state index contributed by atoms with van der Waals surface area (Å²) in [4.78, 5) is 38.4. The number of benzene rings is 1. The van der Waals surface area contributed by atoms with Crippen molar-refractivity contribution in [3.63, 3.8) is 0 Å². The Morgan fingerprint density at radius 3 is 2.31 bits per heavy atom. The Kier molecular flexibility index (Phi) is 8.05. The molecule has 0 bridgehead atoms. The van der Waals surface area contributed by atoms with Gasteiger partial charge in [0.15, 0.2) is 5.78 Å². The van der Waals surface area contributed by atoms with E-state index in [1.165, 1.54) is 0 Å². The van der Waals surface area contributed by atoms with Crippen LogP contribution in [0.5, 0.6) is 0 Å². The second-order valence-corrected chi connectivity index (χ2v) is 8.54. The third kappa shape index (κ3) is 7.07. The van der Waals surface area contributed by atoms with Crippen LogP contribution in [0, 0.1) is 5.41 Å². The lowest BCUT2D eigenvalue weighted by atomic mass is 9.83. The molecule has 160 valence electrons. The van der Waals surface area contributed by atoms with Crippen LogP contribution in [0.4, 0.5) is 9.59 Å². The third-order valence-electron chi connectivity index (χ3n) is 5.11.